The number of hydrazone groups is 1. The van der Waals surface area contributed by atoms with E-state index in [1.165, 1.54) is 17.7 Å². The molecular weight excluding hydrogens is 349 g/mol. The second kappa shape index (κ2) is 8.87. The van der Waals surface area contributed by atoms with Crippen LogP contribution in [0.4, 0.5) is 4.39 Å². The molecule has 0 saturated carbocycles. The van der Waals surface area contributed by atoms with Gasteiger partial charge in [-0.2, -0.15) is 10.2 Å². The van der Waals surface area contributed by atoms with Gasteiger partial charge in [0, 0.05) is 18.3 Å². The van der Waals surface area contributed by atoms with Gasteiger partial charge in [0.05, 0.1) is 19.0 Å². The quantitative estimate of drug-likeness (QED) is 0.399. The molecule has 0 bridgehead atoms. The lowest BCUT2D eigenvalue weighted by Gasteiger charge is -2.06. The summed E-state index contributed by atoms with van der Waals surface area (Å²) < 4.78 is 14.7. The fraction of sp³-hybridized carbons (Fsp3) is 0.105. The summed E-state index contributed by atoms with van der Waals surface area (Å²) in [5, 5.41) is 11.8. The van der Waals surface area contributed by atoms with E-state index in [4.69, 9.17) is 12.2 Å². The molecule has 3 rings (SSSR count). The molecule has 0 saturated heterocycles. The van der Waals surface area contributed by atoms with Gasteiger partial charge in [0.25, 0.3) is 0 Å². The molecular formula is C19H18FN5S. The van der Waals surface area contributed by atoms with Gasteiger partial charge in [-0.1, -0.05) is 42.5 Å². The highest BCUT2D eigenvalue weighted by Gasteiger charge is 1.99. The van der Waals surface area contributed by atoms with Gasteiger partial charge >= 0.3 is 0 Å². The Labute approximate surface area is 156 Å². The fourth-order valence-corrected chi connectivity index (χ4v) is 2.42. The van der Waals surface area contributed by atoms with Gasteiger partial charge in [-0.3, -0.25) is 10.1 Å². The summed E-state index contributed by atoms with van der Waals surface area (Å²) in [5.74, 6) is -0.258. The van der Waals surface area contributed by atoms with E-state index in [0.29, 0.717) is 18.2 Å². The van der Waals surface area contributed by atoms with Crippen LogP contribution in [0.15, 0.2) is 72.1 Å². The molecule has 5 nitrogen and oxygen atoms in total. The minimum Gasteiger partial charge on any atom is -0.357 e. The third kappa shape index (κ3) is 5.49. The molecule has 0 amide bonds. The highest BCUT2D eigenvalue weighted by atomic mass is 32.1. The predicted octanol–water partition coefficient (Wildman–Crippen LogP) is 3.07. The maximum absolute atomic E-state index is 12.9. The lowest BCUT2D eigenvalue weighted by molar-refractivity contribution is 0.626. The van der Waals surface area contributed by atoms with Crippen LogP contribution in [0.25, 0.3) is 0 Å². The SMILES string of the molecule is Fc1ccc(CNC(=S)N/N=C\c2cnn(Cc3ccccc3)c2)cc1. The second-order valence-corrected chi connectivity index (χ2v) is 6.04. The minimum atomic E-state index is -0.258. The van der Waals surface area contributed by atoms with Gasteiger partial charge in [0.15, 0.2) is 5.11 Å². The smallest absolute Gasteiger partial charge is 0.187 e. The molecule has 0 fully saturated rings. The standard InChI is InChI=1S/C19H18FN5S/c20-18-8-6-15(7-9-18)10-21-19(26)24-22-11-17-12-23-25(14-17)13-16-4-2-1-3-5-16/h1-9,11-12,14H,10,13H2,(H2,21,24,26)/b22-11-. The van der Waals surface area contributed by atoms with E-state index in [-0.39, 0.29) is 5.82 Å². The van der Waals surface area contributed by atoms with Crippen LogP contribution in [-0.4, -0.2) is 21.1 Å². The maximum atomic E-state index is 12.9. The number of nitrogens with zero attached hydrogens (tertiary/aromatic N) is 3. The Kier molecular flexibility index (Phi) is 6.05. The molecule has 132 valence electrons. The average molecular weight is 367 g/mol. The summed E-state index contributed by atoms with van der Waals surface area (Å²) in [4.78, 5) is 0. The Hall–Kier alpha value is -3.06. The Balaban J connectivity index is 1.44. The normalized spacial score (nSPS) is 10.8. The molecule has 0 unspecified atom stereocenters. The number of rotatable bonds is 6. The van der Waals surface area contributed by atoms with Crippen molar-refractivity contribution in [3.8, 4) is 0 Å². The van der Waals surface area contributed by atoms with Crippen molar-refractivity contribution < 1.29 is 4.39 Å². The first-order chi connectivity index (χ1) is 12.7. The predicted molar refractivity (Wildman–Crippen MR) is 104 cm³/mol. The number of benzene rings is 2. The Morgan fingerprint density at radius 3 is 2.65 bits per heavy atom. The molecule has 2 N–H and O–H groups in total. The lowest BCUT2D eigenvalue weighted by atomic mass is 10.2. The molecule has 3 aromatic rings. The number of hydrogen-bond donors (Lipinski definition) is 2. The number of aromatic nitrogens is 2. The van der Waals surface area contributed by atoms with Crippen LogP contribution in [0.2, 0.25) is 0 Å². The number of thiocarbonyl (C=S) groups is 1. The van der Waals surface area contributed by atoms with Crippen LogP contribution in [0.5, 0.6) is 0 Å². The summed E-state index contributed by atoms with van der Waals surface area (Å²) in [6.07, 6.45) is 5.30. The first-order valence-electron chi connectivity index (χ1n) is 8.07. The van der Waals surface area contributed by atoms with Crippen molar-refractivity contribution in [2.24, 2.45) is 5.10 Å². The van der Waals surface area contributed by atoms with E-state index in [0.717, 1.165) is 11.1 Å². The molecule has 0 aliphatic heterocycles. The molecule has 0 aliphatic rings. The van der Waals surface area contributed by atoms with E-state index >= 15 is 0 Å². The number of hydrogen-bond acceptors (Lipinski definition) is 3. The van der Waals surface area contributed by atoms with Crippen molar-refractivity contribution in [2.45, 2.75) is 13.1 Å². The summed E-state index contributed by atoms with van der Waals surface area (Å²) >= 11 is 5.16. The molecule has 1 aromatic heterocycles. The summed E-state index contributed by atoms with van der Waals surface area (Å²) in [6.45, 7) is 1.20. The van der Waals surface area contributed by atoms with E-state index in [1.807, 2.05) is 29.1 Å². The topological polar surface area (TPSA) is 54.2 Å². The monoisotopic (exact) mass is 367 g/mol. The van der Waals surface area contributed by atoms with Gasteiger partial charge in [-0.25, -0.2) is 4.39 Å². The zero-order valence-corrected chi connectivity index (χ0v) is 14.8. The molecule has 0 radical (unpaired) electrons. The average Bonchev–Trinajstić information content (AvgIpc) is 3.09. The van der Waals surface area contributed by atoms with Gasteiger partial charge in [0.2, 0.25) is 0 Å². The van der Waals surface area contributed by atoms with E-state index in [2.05, 4.69) is 33.1 Å². The van der Waals surface area contributed by atoms with Gasteiger partial charge < -0.3 is 5.32 Å². The third-order valence-electron chi connectivity index (χ3n) is 3.59. The van der Waals surface area contributed by atoms with Crippen molar-refractivity contribution >= 4 is 23.5 Å². The summed E-state index contributed by atoms with van der Waals surface area (Å²) in [7, 11) is 0. The first-order valence-corrected chi connectivity index (χ1v) is 8.47. The van der Waals surface area contributed by atoms with Crippen molar-refractivity contribution in [1.82, 2.24) is 20.5 Å². The van der Waals surface area contributed by atoms with E-state index < -0.39 is 0 Å². The van der Waals surface area contributed by atoms with Crippen molar-refractivity contribution in [2.75, 3.05) is 0 Å². The largest absolute Gasteiger partial charge is 0.357 e. The van der Waals surface area contributed by atoms with Gasteiger partial charge in [-0.05, 0) is 35.5 Å². The summed E-state index contributed by atoms with van der Waals surface area (Å²) in [6, 6.07) is 16.4. The molecule has 0 aliphatic carbocycles. The van der Waals surface area contributed by atoms with Gasteiger partial charge in [-0.15, -0.1) is 0 Å². The van der Waals surface area contributed by atoms with E-state index in [1.54, 1.807) is 24.5 Å². The van der Waals surface area contributed by atoms with Crippen LogP contribution in [0.1, 0.15) is 16.7 Å². The fourth-order valence-electron chi connectivity index (χ4n) is 2.29. The maximum Gasteiger partial charge on any atom is 0.187 e. The van der Waals surface area contributed by atoms with Gasteiger partial charge in [0.1, 0.15) is 5.82 Å². The Morgan fingerprint density at radius 2 is 1.88 bits per heavy atom. The minimum absolute atomic E-state index is 0.258. The third-order valence-corrected chi connectivity index (χ3v) is 3.82. The van der Waals surface area contributed by atoms with Crippen LogP contribution in [-0.2, 0) is 13.1 Å². The zero-order chi connectivity index (χ0) is 18.2. The molecule has 0 atom stereocenters. The van der Waals surface area contributed by atoms with E-state index in [9.17, 15) is 4.39 Å². The molecule has 2 aromatic carbocycles. The first kappa shape index (κ1) is 17.8. The van der Waals surface area contributed by atoms with Crippen LogP contribution < -0.4 is 10.7 Å². The molecule has 7 heteroatoms. The second-order valence-electron chi connectivity index (χ2n) is 5.64. The van der Waals surface area contributed by atoms with Crippen molar-refractivity contribution in [1.29, 1.82) is 0 Å². The van der Waals surface area contributed by atoms with Crippen molar-refractivity contribution in [3.63, 3.8) is 0 Å². The molecule has 26 heavy (non-hydrogen) atoms. The Morgan fingerprint density at radius 1 is 1.12 bits per heavy atom. The molecule has 1 heterocycles. The zero-order valence-electron chi connectivity index (χ0n) is 14.0. The highest BCUT2D eigenvalue weighted by molar-refractivity contribution is 7.80. The van der Waals surface area contributed by atoms with Crippen molar-refractivity contribution in [3.05, 3.63) is 89.5 Å². The molecule has 0 spiro atoms. The highest BCUT2D eigenvalue weighted by Crippen LogP contribution is 2.03. The van der Waals surface area contributed by atoms with Crippen LogP contribution in [0.3, 0.4) is 0 Å². The van der Waals surface area contributed by atoms with Crippen LogP contribution >= 0.6 is 12.2 Å². The number of halogens is 1. The lowest BCUT2D eigenvalue weighted by Crippen LogP contribution is -2.31. The number of nitrogens with one attached hydrogen (secondary N) is 2. The summed E-state index contributed by atoms with van der Waals surface area (Å²) in [5.41, 5.74) is 5.74. The van der Waals surface area contributed by atoms with Crippen LogP contribution in [0, 0.1) is 5.82 Å². The Bertz CT molecular complexity index is 874.